The van der Waals surface area contributed by atoms with E-state index in [9.17, 15) is 13.2 Å². The van der Waals surface area contributed by atoms with Crippen molar-refractivity contribution < 1.29 is 13.2 Å². The molecule has 0 spiro atoms. The molecule has 1 N–H and O–H groups in total. The molecule has 1 aliphatic heterocycles. The second-order valence-corrected chi connectivity index (χ2v) is 8.42. The average molecular weight is 388 g/mol. The molecular formula is C17H20N6O3S. The van der Waals surface area contributed by atoms with E-state index in [1.807, 2.05) is 6.07 Å². The van der Waals surface area contributed by atoms with E-state index in [2.05, 4.69) is 14.9 Å². The van der Waals surface area contributed by atoms with E-state index in [0.717, 1.165) is 5.39 Å². The molecule has 1 aromatic carbocycles. The van der Waals surface area contributed by atoms with Crippen LogP contribution in [0.5, 0.6) is 0 Å². The van der Waals surface area contributed by atoms with Crippen molar-refractivity contribution in [2.24, 2.45) is 7.05 Å². The standard InChI is InChI=1S/C17H20N6O3S/c1-21-10-13(6-7-16(21)24)23-11-14(9-19-23)27(25,26)20-15-5-3-4-12-8-18-22(2)17(12)15/h3-5,8-9,11,13,20H,6-7,10H2,1-2H3/t13-/m0/s1. The van der Waals surface area contributed by atoms with Crippen LogP contribution in [-0.2, 0) is 21.9 Å². The number of likely N-dealkylation sites (N-methyl/N-ethyl adjacent to an activating group) is 1. The zero-order chi connectivity index (χ0) is 19.2. The Morgan fingerprint density at radius 1 is 1.19 bits per heavy atom. The summed E-state index contributed by atoms with van der Waals surface area (Å²) in [4.78, 5) is 13.4. The second kappa shape index (κ2) is 6.38. The normalized spacial score (nSPS) is 18.2. The highest BCUT2D eigenvalue weighted by Gasteiger charge is 2.26. The van der Waals surface area contributed by atoms with Crippen LogP contribution in [-0.4, -0.2) is 52.4 Å². The average Bonchev–Trinajstić information content (AvgIpc) is 3.26. The van der Waals surface area contributed by atoms with E-state index in [1.165, 1.54) is 12.4 Å². The summed E-state index contributed by atoms with van der Waals surface area (Å²) in [6, 6.07) is 5.32. The Labute approximate surface area is 156 Å². The summed E-state index contributed by atoms with van der Waals surface area (Å²) in [5.74, 6) is 0.0946. The number of piperidine rings is 1. The molecule has 1 fully saturated rings. The van der Waals surface area contributed by atoms with Crippen molar-refractivity contribution in [3.63, 3.8) is 0 Å². The van der Waals surface area contributed by atoms with Gasteiger partial charge in [-0.25, -0.2) is 8.42 Å². The lowest BCUT2D eigenvalue weighted by Gasteiger charge is -2.29. The Morgan fingerprint density at radius 2 is 2.00 bits per heavy atom. The number of nitrogens with one attached hydrogen (secondary N) is 1. The summed E-state index contributed by atoms with van der Waals surface area (Å²) in [5, 5.41) is 9.24. The summed E-state index contributed by atoms with van der Waals surface area (Å²) < 4.78 is 31.6. The summed E-state index contributed by atoms with van der Waals surface area (Å²) in [6.07, 6.45) is 5.62. The molecule has 0 unspecified atom stereocenters. The van der Waals surface area contributed by atoms with Gasteiger partial charge in [-0.05, 0) is 12.5 Å². The first-order valence-electron chi connectivity index (χ1n) is 8.57. The van der Waals surface area contributed by atoms with E-state index >= 15 is 0 Å². The van der Waals surface area contributed by atoms with Gasteiger partial charge in [0, 0.05) is 38.6 Å². The monoisotopic (exact) mass is 388 g/mol. The van der Waals surface area contributed by atoms with E-state index < -0.39 is 10.0 Å². The topological polar surface area (TPSA) is 102 Å². The van der Waals surface area contributed by atoms with Crippen LogP contribution in [0.4, 0.5) is 5.69 Å². The lowest BCUT2D eigenvalue weighted by atomic mass is 10.1. The summed E-state index contributed by atoms with van der Waals surface area (Å²) in [5.41, 5.74) is 1.17. The smallest absolute Gasteiger partial charge is 0.265 e. The minimum absolute atomic E-state index is 0.0304. The number of likely N-dealkylation sites (tertiary alicyclic amines) is 1. The fourth-order valence-electron chi connectivity index (χ4n) is 3.38. The fraction of sp³-hybridized carbons (Fsp3) is 0.353. The molecule has 1 amide bonds. The van der Waals surface area contributed by atoms with Gasteiger partial charge in [0.2, 0.25) is 5.91 Å². The number of aromatic nitrogens is 4. The number of rotatable bonds is 4. The molecule has 142 valence electrons. The molecule has 9 nitrogen and oxygen atoms in total. The molecule has 1 aliphatic rings. The molecule has 0 bridgehead atoms. The number of fused-ring (bicyclic) bond motifs is 1. The van der Waals surface area contributed by atoms with Crippen LogP contribution in [0.25, 0.3) is 10.9 Å². The van der Waals surface area contributed by atoms with Crippen molar-refractivity contribution in [3.8, 4) is 0 Å². The molecule has 1 saturated heterocycles. The number of benzene rings is 1. The number of sulfonamides is 1. The van der Waals surface area contributed by atoms with Gasteiger partial charge in [0.25, 0.3) is 10.0 Å². The Hall–Kier alpha value is -2.88. The molecule has 3 aromatic rings. The number of carbonyl (C=O) groups is 1. The molecule has 3 heterocycles. The zero-order valence-electron chi connectivity index (χ0n) is 15.0. The first-order chi connectivity index (χ1) is 12.8. The van der Waals surface area contributed by atoms with Gasteiger partial charge in [-0.3, -0.25) is 18.9 Å². The van der Waals surface area contributed by atoms with Crippen molar-refractivity contribution in [1.82, 2.24) is 24.5 Å². The minimum atomic E-state index is -3.80. The number of nitrogens with zero attached hydrogens (tertiary/aromatic N) is 5. The van der Waals surface area contributed by atoms with Crippen LogP contribution in [0, 0.1) is 0 Å². The molecule has 2 aromatic heterocycles. The molecule has 0 radical (unpaired) electrons. The highest BCUT2D eigenvalue weighted by atomic mass is 32.2. The SMILES string of the molecule is CN1C[C@@H](n2cc(S(=O)(=O)Nc3cccc4cnn(C)c34)cn2)CCC1=O. The van der Waals surface area contributed by atoms with Crippen LogP contribution >= 0.6 is 0 Å². The van der Waals surface area contributed by atoms with E-state index in [1.54, 1.807) is 46.7 Å². The zero-order valence-corrected chi connectivity index (χ0v) is 15.8. The van der Waals surface area contributed by atoms with Crippen LogP contribution in [0.2, 0.25) is 0 Å². The molecule has 10 heteroatoms. The summed E-state index contributed by atoms with van der Waals surface area (Å²) >= 11 is 0. The van der Waals surface area contributed by atoms with Gasteiger partial charge in [0.1, 0.15) is 4.90 Å². The van der Waals surface area contributed by atoms with Crippen LogP contribution < -0.4 is 4.72 Å². The van der Waals surface area contributed by atoms with Crippen molar-refractivity contribution in [2.45, 2.75) is 23.8 Å². The van der Waals surface area contributed by atoms with E-state index in [4.69, 9.17) is 0 Å². The Bertz CT molecular complexity index is 1120. The quantitative estimate of drug-likeness (QED) is 0.727. The van der Waals surface area contributed by atoms with Crippen molar-refractivity contribution in [3.05, 3.63) is 36.8 Å². The van der Waals surface area contributed by atoms with Crippen molar-refractivity contribution in [1.29, 1.82) is 0 Å². The highest BCUT2D eigenvalue weighted by Crippen LogP contribution is 2.26. The Kier molecular flexibility index (Phi) is 4.14. The largest absolute Gasteiger partial charge is 0.344 e. The minimum Gasteiger partial charge on any atom is -0.344 e. The van der Waals surface area contributed by atoms with Crippen LogP contribution in [0.3, 0.4) is 0 Å². The third-order valence-electron chi connectivity index (χ3n) is 4.87. The molecule has 0 aliphatic carbocycles. The maximum absolute atomic E-state index is 12.8. The number of para-hydroxylation sites is 1. The second-order valence-electron chi connectivity index (χ2n) is 6.74. The number of amides is 1. The fourth-order valence-corrected chi connectivity index (χ4v) is 4.39. The highest BCUT2D eigenvalue weighted by molar-refractivity contribution is 7.92. The van der Waals surface area contributed by atoms with Crippen molar-refractivity contribution in [2.75, 3.05) is 18.3 Å². The third kappa shape index (κ3) is 3.16. The van der Waals surface area contributed by atoms with Gasteiger partial charge in [-0.15, -0.1) is 0 Å². The lowest BCUT2D eigenvalue weighted by Crippen LogP contribution is -2.38. The van der Waals surface area contributed by atoms with E-state index in [0.29, 0.717) is 30.6 Å². The summed E-state index contributed by atoms with van der Waals surface area (Å²) in [6.45, 7) is 0.516. The molecule has 27 heavy (non-hydrogen) atoms. The Balaban J connectivity index is 1.60. The first kappa shape index (κ1) is 17.5. The maximum atomic E-state index is 12.8. The third-order valence-corrected chi connectivity index (χ3v) is 6.19. The molecule has 4 rings (SSSR count). The van der Waals surface area contributed by atoms with Gasteiger partial charge < -0.3 is 4.90 Å². The van der Waals surface area contributed by atoms with Gasteiger partial charge in [0.05, 0.1) is 29.6 Å². The number of anilines is 1. The number of hydrogen-bond donors (Lipinski definition) is 1. The number of hydrogen-bond acceptors (Lipinski definition) is 5. The summed E-state index contributed by atoms with van der Waals surface area (Å²) in [7, 11) is -0.292. The molecular weight excluding hydrogens is 368 g/mol. The predicted molar refractivity (Wildman–Crippen MR) is 99.7 cm³/mol. The van der Waals surface area contributed by atoms with Gasteiger partial charge in [-0.2, -0.15) is 10.2 Å². The van der Waals surface area contributed by atoms with Gasteiger partial charge in [-0.1, -0.05) is 12.1 Å². The van der Waals surface area contributed by atoms with Crippen LogP contribution in [0.15, 0.2) is 41.7 Å². The van der Waals surface area contributed by atoms with Crippen LogP contribution in [0.1, 0.15) is 18.9 Å². The number of carbonyl (C=O) groups excluding carboxylic acids is 1. The first-order valence-corrected chi connectivity index (χ1v) is 10.0. The molecule has 1 atom stereocenters. The van der Waals surface area contributed by atoms with Gasteiger partial charge in [0.15, 0.2) is 0 Å². The lowest BCUT2D eigenvalue weighted by molar-refractivity contribution is -0.133. The molecule has 0 saturated carbocycles. The predicted octanol–water partition coefficient (Wildman–Crippen LogP) is 1.36. The van der Waals surface area contributed by atoms with E-state index in [-0.39, 0.29) is 16.8 Å². The van der Waals surface area contributed by atoms with Gasteiger partial charge >= 0.3 is 0 Å². The Morgan fingerprint density at radius 3 is 2.78 bits per heavy atom. The maximum Gasteiger partial charge on any atom is 0.265 e. The number of aryl methyl sites for hydroxylation is 1. The van der Waals surface area contributed by atoms with Crippen molar-refractivity contribution >= 4 is 32.5 Å².